The van der Waals surface area contributed by atoms with Crippen molar-refractivity contribution in [2.24, 2.45) is 35.5 Å². The number of nitrogens with zero attached hydrogens (tertiary/aromatic N) is 1. The SMILES string of the molecule is CN1CCCCC2CCC3CCCCCCCCC3CCCC2CCCCCCC2CCCCCCCC2C1. The maximum Gasteiger partial charge on any atom is 0.000925 e. The van der Waals surface area contributed by atoms with Crippen molar-refractivity contribution in [1.82, 2.24) is 4.90 Å². The van der Waals surface area contributed by atoms with E-state index >= 15 is 0 Å². The van der Waals surface area contributed by atoms with Crippen LogP contribution in [0, 0.1) is 35.5 Å². The average Bonchev–Trinajstić information content (AvgIpc) is 3.09. The quantitative estimate of drug-likeness (QED) is 0.295. The van der Waals surface area contributed by atoms with Gasteiger partial charge >= 0.3 is 0 Å². The molecule has 6 atom stereocenters. The van der Waals surface area contributed by atoms with Gasteiger partial charge in [0.05, 0.1) is 0 Å². The minimum Gasteiger partial charge on any atom is -0.306 e. The lowest BCUT2D eigenvalue weighted by Crippen LogP contribution is -2.31. The van der Waals surface area contributed by atoms with Gasteiger partial charge < -0.3 is 4.90 Å². The van der Waals surface area contributed by atoms with E-state index in [1.54, 1.807) is 57.8 Å². The maximum absolute atomic E-state index is 2.77. The molecule has 0 aromatic carbocycles. The van der Waals surface area contributed by atoms with Crippen molar-refractivity contribution in [1.29, 1.82) is 0 Å². The minimum absolute atomic E-state index is 0.977. The zero-order valence-corrected chi connectivity index (χ0v) is 26.8. The molecule has 0 N–H and O–H groups in total. The lowest BCUT2D eigenvalue weighted by atomic mass is 9.76. The van der Waals surface area contributed by atoms with E-state index in [1.165, 1.54) is 142 Å². The van der Waals surface area contributed by atoms with Gasteiger partial charge in [0.15, 0.2) is 0 Å². The highest BCUT2D eigenvalue weighted by Crippen LogP contribution is 2.41. The molecule has 0 aromatic rings. The second kappa shape index (κ2) is 19.2. The summed E-state index contributed by atoms with van der Waals surface area (Å²) in [6.07, 6.45) is 44.3. The van der Waals surface area contributed by atoms with Gasteiger partial charge in [-0.15, -0.1) is 0 Å². The predicted octanol–water partition coefficient (Wildman–Crippen LogP) is 12.0. The third-order valence-electron chi connectivity index (χ3n) is 12.4. The largest absolute Gasteiger partial charge is 0.306 e. The first-order chi connectivity index (χ1) is 19.3. The molecule has 4 fully saturated rings. The highest BCUT2D eigenvalue weighted by atomic mass is 15.1. The Morgan fingerprint density at radius 1 is 0.282 bits per heavy atom. The first-order valence-electron chi connectivity index (χ1n) is 19.0. The van der Waals surface area contributed by atoms with Crippen molar-refractivity contribution in [2.75, 3.05) is 20.1 Å². The summed E-state index contributed by atoms with van der Waals surface area (Å²) in [5.41, 5.74) is 0. The Kier molecular flexibility index (Phi) is 15.7. The molecule has 228 valence electrons. The molecule has 1 heteroatoms. The van der Waals surface area contributed by atoms with Crippen LogP contribution in [0.4, 0.5) is 0 Å². The molecular formula is C38H71N. The Morgan fingerprint density at radius 2 is 0.564 bits per heavy atom. The van der Waals surface area contributed by atoms with Gasteiger partial charge in [-0.3, -0.25) is 0 Å². The molecule has 6 unspecified atom stereocenters. The minimum atomic E-state index is 0.977. The van der Waals surface area contributed by atoms with Gasteiger partial charge in [0.1, 0.15) is 0 Å². The fourth-order valence-corrected chi connectivity index (χ4v) is 9.94. The van der Waals surface area contributed by atoms with Gasteiger partial charge in [-0.2, -0.15) is 0 Å². The van der Waals surface area contributed by atoms with Crippen LogP contribution in [0.25, 0.3) is 0 Å². The second-order valence-electron chi connectivity index (χ2n) is 15.4. The van der Waals surface area contributed by atoms with Crippen LogP contribution in [0.2, 0.25) is 0 Å². The fourth-order valence-electron chi connectivity index (χ4n) is 9.94. The first-order valence-corrected chi connectivity index (χ1v) is 19.0. The molecule has 39 heavy (non-hydrogen) atoms. The van der Waals surface area contributed by atoms with Crippen LogP contribution in [-0.2, 0) is 0 Å². The molecule has 0 radical (unpaired) electrons. The lowest BCUT2D eigenvalue weighted by molar-refractivity contribution is 0.180. The summed E-state index contributed by atoms with van der Waals surface area (Å²) in [4.78, 5) is 2.77. The number of fused-ring (bicyclic) bond motifs is 3. The van der Waals surface area contributed by atoms with E-state index < -0.39 is 0 Å². The van der Waals surface area contributed by atoms with E-state index in [1.807, 2.05) is 0 Å². The van der Waals surface area contributed by atoms with Crippen LogP contribution < -0.4 is 0 Å². The molecule has 1 aliphatic heterocycles. The molecule has 1 heterocycles. The average molecular weight is 542 g/mol. The molecule has 1 nitrogen and oxygen atoms in total. The predicted molar refractivity (Wildman–Crippen MR) is 172 cm³/mol. The monoisotopic (exact) mass is 542 g/mol. The third-order valence-corrected chi connectivity index (χ3v) is 12.4. The highest BCUT2D eigenvalue weighted by Gasteiger charge is 2.29. The Morgan fingerprint density at radius 3 is 1.00 bits per heavy atom. The summed E-state index contributed by atoms with van der Waals surface area (Å²) < 4.78 is 0. The zero-order chi connectivity index (χ0) is 27.0. The molecule has 0 amide bonds. The van der Waals surface area contributed by atoms with Crippen LogP contribution in [0.3, 0.4) is 0 Å². The van der Waals surface area contributed by atoms with E-state index in [4.69, 9.17) is 0 Å². The molecule has 0 bridgehead atoms. The normalized spacial score (nSPS) is 37.2. The summed E-state index contributed by atoms with van der Waals surface area (Å²) >= 11 is 0. The van der Waals surface area contributed by atoms with Crippen molar-refractivity contribution in [2.45, 2.75) is 186 Å². The van der Waals surface area contributed by atoms with Gasteiger partial charge in [-0.1, -0.05) is 161 Å². The topological polar surface area (TPSA) is 3.24 Å². The molecule has 3 aliphatic carbocycles. The molecule has 4 rings (SSSR count). The van der Waals surface area contributed by atoms with Crippen molar-refractivity contribution < 1.29 is 0 Å². The summed E-state index contributed by atoms with van der Waals surface area (Å²) in [7, 11) is 2.47. The number of rotatable bonds is 0. The van der Waals surface area contributed by atoms with E-state index in [-0.39, 0.29) is 0 Å². The number of hydrogen-bond acceptors (Lipinski definition) is 1. The lowest BCUT2D eigenvalue weighted by Gasteiger charge is -2.32. The van der Waals surface area contributed by atoms with Crippen molar-refractivity contribution in [3.63, 3.8) is 0 Å². The summed E-state index contributed by atoms with van der Waals surface area (Å²) in [6, 6.07) is 0. The Bertz CT molecular complexity index is 600. The van der Waals surface area contributed by atoms with Crippen molar-refractivity contribution >= 4 is 0 Å². The van der Waals surface area contributed by atoms with Crippen LogP contribution in [0.1, 0.15) is 186 Å². The molecular weight excluding hydrogens is 470 g/mol. The van der Waals surface area contributed by atoms with E-state index in [0.717, 1.165) is 35.5 Å². The van der Waals surface area contributed by atoms with Crippen LogP contribution in [-0.4, -0.2) is 25.0 Å². The summed E-state index contributed by atoms with van der Waals surface area (Å²) in [6.45, 7) is 2.74. The van der Waals surface area contributed by atoms with E-state index in [2.05, 4.69) is 11.9 Å². The first kappa shape index (κ1) is 31.9. The van der Waals surface area contributed by atoms with Crippen molar-refractivity contribution in [3.8, 4) is 0 Å². The Balaban J connectivity index is 1.35. The summed E-state index contributed by atoms with van der Waals surface area (Å²) in [5, 5.41) is 0. The van der Waals surface area contributed by atoms with Gasteiger partial charge in [-0.25, -0.2) is 0 Å². The zero-order valence-electron chi connectivity index (χ0n) is 26.8. The molecule has 0 spiro atoms. The maximum atomic E-state index is 2.77. The molecule has 4 aliphatic rings. The van der Waals surface area contributed by atoms with Crippen LogP contribution in [0.5, 0.6) is 0 Å². The van der Waals surface area contributed by atoms with Crippen LogP contribution in [0.15, 0.2) is 0 Å². The van der Waals surface area contributed by atoms with Gasteiger partial charge in [0, 0.05) is 6.54 Å². The molecule has 0 aromatic heterocycles. The third kappa shape index (κ3) is 12.0. The van der Waals surface area contributed by atoms with E-state index in [9.17, 15) is 0 Å². The van der Waals surface area contributed by atoms with Gasteiger partial charge in [0.25, 0.3) is 0 Å². The summed E-state index contributed by atoms with van der Waals surface area (Å²) in [5.74, 6) is 6.21. The fraction of sp³-hybridized carbons (Fsp3) is 1.00. The van der Waals surface area contributed by atoms with E-state index in [0.29, 0.717) is 0 Å². The molecule has 3 saturated carbocycles. The van der Waals surface area contributed by atoms with Gasteiger partial charge in [-0.05, 0) is 74.8 Å². The Hall–Kier alpha value is -0.0400. The standard InChI is InChI=1S/C38H71N/c1-39-31-18-17-25-37-30-29-36-24-13-6-3-2-5-11-20-33(36)27-19-28-34(37)21-14-9-10-15-23-35-22-12-7-4-8-16-26-38(35)32-39/h33-38H,2-32H2,1H3. The van der Waals surface area contributed by atoms with Gasteiger partial charge in [0.2, 0.25) is 0 Å². The molecule has 1 saturated heterocycles. The smallest absolute Gasteiger partial charge is 0.000925 e. The van der Waals surface area contributed by atoms with Crippen LogP contribution >= 0.6 is 0 Å². The number of hydrogen-bond donors (Lipinski definition) is 0. The van der Waals surface area contributed by atoms with Crippen molar-refractivity contribution in [3.05, 3.63) is 0 Å². The second-order valence-corrected chi connectivity index (χ2v) is 15.4. The Labute approximate surface area is 246 Å². The highest BCUT2D eigenvalue weighted by molar-refractivity contribution is 4.81.